The van der Waals surface area contributed by atoms with Gasteiger partial charge in [0.15, 0.2) is 0 Å². The van der Waals surface area contributed by atoms with Crippen LogP contribution in [0.1, 0.15) is 143 Å². The molecule has 6 nitrogen and oxygen atoms in total. The van der Waals surface area contributed by atoms with Gasteiger partial charge in [0.05, 0.1) is 12.1 Å². The highest BCUT2D eigenvalue weighted by Crippen LogP contribution is 2.45. The fraction of sp³-hybridized carbons (Fsp3) is 0.611. The first kappa shape index (κ1) is 33.2. The molecular weight excluding hydrogens is 591 g/mol. The molecule has 2 aromatic rings. The van der Waals surface area contributed by atoms with Crippen molar-refractivity contribution >= 4 is 36.6 Å². The van der Waals surface area contributed by atoms with E-state index in [-0.39, 0.29) is 36.9 Å². The largest absolute Gasteiger partial charge is 0.329 e. The summed E-state index contributed by atoms with van der Waals surface area (Å²) in [6.07, 6.45) is 12.4. The highest BCUT2D eigenvalue weighted by molar-refractivity contribution is 6.02. The summed E-state index contributed by atoms with van der Waals surface area (Å²) in [6, 6.07) is 9.80. The summed E-state index contributed by atoms with van der Waals surface area (Å²) < 4.78 is 0. The van der Waals surface area contributed by atoms with Crippen molar-refractivity contribution in [2.24, 2.45) is 0 Å². The zero-order valence-corrected chi connectivity index (χ0v) is 28.1. The van der Waals surface area contributed by atoms with Gasteiger partial charge in [0.1, 0.15) is 0 Å². The molecule has 2 N–H and O–H groups in total. The number of piperazine rings is 2. The lowest BCUT2D eigenvalue weighted by molar-refractivity contribution is 0.0682. The van der Waals surface area contributed by atoms with Crippen molar-refractivity contribution in [3.8, 4) is 0 Å². The summed E-state index contributed by atoms with van der Waals surface area (Å²) in [4.78, 5) is 30.0. The highest BCUT2D eigenvalue weighted by Gasteiger charge is 2.42. The van der Waals surface area contributed by atoms with Crippen LogP contribution >= 0.6 is 24.8 Å². The Labute approximate surface area is 275 Å². The van der Waals surface area contributed by atoms with Crippen LogP contribution in [0.4, 0.5) is 0 Å². The van der Waals surface area contributed by atoms with Gasteiger partial charge >= 0.3 is 0 Å². The van der Waals surface area contributed by atoms with E-state index in [0.717, 1.165) is 63.2 Å². The molecule has 0 spiro atoms. The first-order valence-electron chi connectivity index (χ1n) is 17.0. The molecule has 4 heterocycles. The molecule has 0 unspecified atom stereocenters. The first-order valence-corrected chi connectivity index (χ1v) is 17.0. The number of nitrogens with zero attached hydrogens (tertiary/aromatic N) is 2. The average Bonchev–Trinajstić information content (AvgIpc) is 3.85. The van der Waals surface area contributed by atoms with Gasteiger partial charge in [-0.3, -0.25) is 9.59 Å². The predicted molar refractivity (Wildman–Crippen MR) is 182 cm³/mol. The van der Waals surface area contributed by atoms with Crippen LogP contribution in [0.15, 0.2) is 24.3 Å². The molecule has 8 heteroatoms. The Hall–Kier alpha value is -2.12. The number of halogens is 2. The van der Waals surface area contributed by atoms with Crippen molar-refractivity contribution < 1.29 is 9.59 Å². The zero-order chi connectivity index (χ0) is 28.8. The zero-order valence-electron chi connectivity index (χ0n) is 26.5. The maximum atomic E-state index is 12.9. The Morgan fingerprint density at radius 1 is 0.614 bits per heavy atom. The number of nitrogens with one attached hydrogen (secondary N) is 2. The molecule has 0 radical (unpaired) electrons. The van der Waals surface area contributed by atoms with Crippen LogP contribution in [0.25, 0.3) is 0 Å². The van der Waals surface area contributed by atoms with Crippen molar-refractivity contribution in [2.45, 2.75) is 102 Å². The molecule has 4 aliphatic heterocycles. The van der Waals surface area contributed by atoms with E-state index in [1.54, 1.807) is 0 Å². The normalized spacial score (nSPS) is 24.1. The number of hydrogen-bond acceptors (Lipinski definition) is 4. The molecule has 2 saturated carbocycles. The molecule has 0 bridgehead atoms. The topological polar surface area (TPSA) is 64.7 Å². The minimum atomic E-state index is 0. The molecule has 4 fully saturated rings. The average molecular weight is 642 g/mol. The lowest BCUT2D eigenvalue weighted by Crippen LogP contribution is -2.44. The van der Waals surface area contributed by atoms with E-state index in [9.17, 15) is 9.59 Å². The SMILES string of the molecule is CCc1cc(C2CCCC2)c2c(c1)[C@@H]1CNCCN1C2=O.CCc1cc(C2CCCC2)c2c(c1)[C@H]1CNCCN1C2=O.Cl.Cl. The summed E-state index contributed by atoms with van der Waals surface area (Å²) in [7, 11) is 0. The molecular formula is C36H50Cl2N4O2. The van der Waals surface area contributed by atoms with Gasteiger partial charge in [-0.05, 0) is 83.7 Å². The number of carbonyl (C=O) groups excluding carboxylic acids is 2. The van der Waals surface area contributed by atoms with Crippen LogP contribution in [0.3, 0.4) is 0 Å². The summed E-state index contributed by atoms with van der Waals surface area (Å²) in [5, 5.41) is 6.90. The Balaban J connectivity index is 0.000000167. The molecule has 2 atom stereocenters. The molecule has 2 amide bonds. The van der Waals surface area contributed by atoms with Gasteiger partial charge in [0.25, 0.3) is 11.8 Å². The van der Waals surface area contributed by atoms with Crippen molar-refractivity contribution in [1.29, 1.82) is 0 Å². The molecule has 240 valence electrons. The van der Waals surface area contributed by atoms with Gasteiger partial charge in [-0.15, -0.1) is 24.8 Å². The van der Waals surface area contributed by atoms with Crippen LogP contribution in [-0.2, 0) is 12.8 Å². The Morgan fingerprint density at radius 3 is 1.34 bits per heavy atom. The standard InChI is InChI=1S/2C18H24N2O.2ClH/c2*1-2-12-9-14(13-5-3-4-6-13)17-15(10-12)16-11-19-7-8-20(16)18(17)21;;/h2*9-10,13,16,19H,2-8,11H2,1H3;2*1H/t2*16-;;/m10../s1. The smallest absolute Gasteiger partial charge is 0.255 e. The minimum absolute atomic E-state index is 0. The fourth-order valence-electron chi connectivity index (χ4n) is 8.79. The van der Waals surface area contributed by atoms with E-state index < -0.39 is 0 Å². The van der Waals surface area contributed by atoms with E-state index in [0.29, 0.717) is 23.7 Å². The fourth-order valence-corrected chi connectivity index (χ4v) is 8.79. The van der Waals surface area contributed by atoms with Gasteiger partial charge in [-0.1, -0.05) is 63.8 Å². The molecule has 0 aromatic heterocycles. The number of rotatable bonds is 4. The van der Waals surface area contributed by atoms with Gasteiger partial charge in [0, 0.05) is 50.4 Å². The number of benzene rings is 2. The first-order chi connectivity index (χ1) is 20.6. The molecule has 2 saturated heterocycles. The van der Waals surface area contributed by atoms with Crippen molar-refractivity contribution in [2.75, 3.05) is 39.3 Å². The van der Waals surface area contributed by atoms with E-state index in [1.807, 2.05) is 0 Å². The second-order valence-electron chi connectivity index (χ2n) is 13.4. The molecule has 2 aromatic carbocycles. The number of amides is 2. The second-order valence-corrected chi connectivity index (χ2v) is 13.4. The molecule has 8 rings (SSSR count). The third kappa shape index (κ3) is 5.81. The molecule has 6 aliphatic rings. The maximum Gasteiger partial charge on any atom is 0.255 e. The number of aryl methyl sites for hydroxylation is 2. The Morgan fingerprint density at radius 2 is 0.977 bits per heavy atom. The molecule has 44 heavy (non-hydrogen) atoms. The van der Waals surface area contributed by atoms with Gasteiger partial charge in [-0.25, -0.2) is 0 Å². The Kier molecular flexibility index (Phi) is 10.7. The van der Waals surface area contributed by atoms with E-state index >= 15 is 0 Å². The van der Waals surface area contributed by atoms with E-state index in [1.165, 1.54) is 84.7 Å². The third-order valence-corrected chi connectivity index (χ3v) is 11.1. The van der Waals surface area contributed by atoms with Crippen LogP contribution in [-0.4, -0.2) is 60.9 Å². The third-order valence-electron chi connectivity index (χ3n) is 11.1. The van der Waals surface area contributed by atoms with Crippen LogP contribution < -0.4 is 10.6 Å². The van der Waals surface area contributed by atoms with Gasteiger partial charge < -0.3 is 20.4 Å². The summed E-state index contributed by atoms with van der Waals surface area (Å²) in [5.74, 6) is 1.81. The van der Waals surface area contributed by atoms with Crippen molar-refractivity contribution in [3.05, 3.63) is 68.8 Å². The summed E-state index contributed by atoms with van der Waals surface area (Å²) >= 11 is 0. The summed E-state index contributed by atoms with van der Waals surface area (Å²) in [5.41, 5.74) is 10.2. The van der Waals surface area contributed by atoms with Crippen molar-refractivity contribution in [3.63, 3.8) is 0 Å². The van der Waals surface area contributed by atoms with Crippen LogP contribution in [0.5, 0.6) is 0 Å². The van der Waals surface area contributed by atoms with Crippen molar-refractivity contribution in [1.82, 2.24) is 20.4 Å². The highest BCUT2D eigenvalue weighted by atomic mass is 35.5. The lowest BCUT2D eigenvalue weighted by Gasteiger charge is -2.30. The number of fused-ring (bicyclic) bond motifs is 6. The van der Waals surface area contributed by atoms with E-state index in [4.69, 9.17) is 0 Å². The molecule has 2 aliphatic carbocycles. The van der Waals surface area contributed by atoms with Gasteiger partial charge in [-0.2, -0.15) is 0 Å². The van der Waals surface area contributed by atoms with Crippen LogP contribution in [0, 0.1) is 0 Å². The summed E-state index contributed by atoms with van der Waals surface area (Å²) in [6.45, 7) is 9.81. The van der Waals surface area contributed by atoms with Crippen LogP contribution in [0.2, 0.25) is 0 Å². The quantitative estimate of drug-likeness (QED) is 0.383. The monoisotopic (exact) mass is 640 g/mol. The second kappa shape index (κ2) is 14.1. The lowest BCUT2D eigenvalue weighted by atomic mass is 9.87. The van der Waals surface area contributed by atoms with E-state index in [2.05, 4.69) is 58.5 Å². The number of hydrogen-bond donors (Lipinski definition) is 2. The number of carbonyl (C=O) groups is 2. The predicted octanol–water partition coefficient (Wildman–Crippen LogP) is 6.86. The Bertz CT molecular complexity index is 1260. The minimum Gasteiger partial charge on any atom is -0.329 e. The maximum absolute atomic E-state index is 12.9. The van der Waals surface area contributed by atoms with Gasteiger partial charge in [0.2, 0.25) is 0 Å².